The number of halogens is 1. The van der Waals surface area contributed by atoms with Crippen molar-refractivity contribution in [1.29, 1.82) is 0 Å². The van der Waals surface area contributed by atoms with Crippen LogP contribution in [0.5, 0.6) is 0 Å². The highest BCUT2D eigenvalue weighted by molar-refractivity contribution is 6.31. The molecule has 0 aliphatic rings. The lowest BCUT2D eigenvalue weighted by Crippen LogP contribution is -2.26. The molecule has 0 bridgehead atoms. The average molecular weight is 337 g/mol. The third kappa shape index (κ3) is 4.72. The van der Waals surface area contributed by atoms with E-state index in [1.807, 2.05) is 6.92 Å². The average Bonchev–Trinajstić information content (AvgIpc) is 2.90. The van der Waals surface area contributed by atoms with Gasteiger partial charge in [0.1, 0.15) is 0 Å². The molecule has 0 fully saturated rings. The van der Waals surface area contributed by atoms with Crippen molar-refractivity contribution in [2.24, 2.45) is 0 Å². The second-order valence-electron chi connectivity index (χ2n) is 4.78. The Kier molecular flexibility index (Phi) is 5.59. The number of aryl methyl sites for hydroxylation is 1. The topological polar surface area (TPSA) is 96.3 Å². The van der Waals surface area contributed by atoms with Gasteiger partial charge in [-0.15, -0.1) is 0 Å². The van der Waals surface area contributed by atoms with Crippen molar-refractivity contribution in [3.8, 4) is 0 Å². The third-order valence-electron chi connectivity index (χ3n) is 2.89. The number of anilines is 2. The molecule has 1 aromatic carbocycles. The molecular formula is C15H17ClN4O3. The number of benzene rings is 1. The van der Waals surface area contributed by atoms with Crippen LogP contribution in [0.1, 0.15) is 23.0 Å². The fourth-order valence-electron chi connectivity index (χ4n) is 1.90. The summed E-state index contributed by atoms with van der Waals surface area (Å²) in [4.78, 5) is 23.9. The van der Waals surface area contributed by atoms with Crippen LogP contribution in [-0.4, -0.2) is 30.1 Å². The largest absolute Gasteiger partial charge is 0.375 e. The van der Waals surface area contributed by atoms with E-state index >= 15 is 0 Å². The molecule has 2 aromatic rings. The summed E-state index contributed by atoms with van der Waals surface area (Å²) in [5, 5.41) is 12.3. The number of nitrogens with zero attached hydrogens (tertiary/aromatic N) is 1. The quantitative estimate of drug-likeness (QED) is 0.753. The maximum atomic E-state index is 12.0. The number of carbonyl (C=O) groups is 2. The Balaban J connectivity index is 2.02. The van der Waals surface area contributed by atoms with E-state index < -0.39 is 0 Å². The van der Waals surface area contributed by atoms with Crippen LogP contribution in [0, 0.1) is 6.92 Å². The van der Waals surface area contributed by atoms with E-state index in [1.54, 1.807) is 31.2 Å². The molecule has 0 aliphatic heterocycles. The molecule has 0 saturated heterocycles. The van der Waals surface area contributed by atoms with Crippen molar-refractivity contribution in [3.63, 3.8) is 0 Å². The summed E-state index contributed by atoms with van der Waals surface area (Å²) in [7, 11) is 0. The van der Waals surface area contributed by atoms with Gasteiger partial charge in [-0.1, -0.05) is 16.8 Å². The van der Waals surface area contributed by atoms with Gasteiger partial charge in [0.15, 0.2) is 0 Å². The van der Waals surface area contributed by atoms with Crippen LogP contribution >= 0.6 is 11.6 Å². The number of aromatic nitrogens is 1. The molecule has 0 saturated carbocycles. The van der Waals surface area contributed by atoms with Gasteiger partial charge in [-0.25, -0.2) is 0 Å². The molecule has 1 aromatic heterocycles. The lowest BCUT2D eigenvalue weighted by molar-refractivity contribution is -0.114. The summed E-state index contributed by atoms with van der Waals surface area (Å²) < 4.78 is 4.91. The number of hydrogen-bond acceptors (Lipinski definition) is 5. The zero-order chi connectivity index (χ0) is 16.8. The number of nitrogens with one attached hydrogen (secondary N) is 3. The summed E-state index contributed by atoms with van der Waals surface area (Å²) in [6.45, 7) is 4.04. The highest BCUT2D eigenvalue weighted by Crippen LogP contribution is 2.21. The number of carbonyl (C=O) groups excluding carboxylic acids is 2. The molecule has 122 valence electrons. The molecule has 2 amide bonds. The molecule has 0 aliphatic carbocycles. The van der Waals surface area contributed by atoms with E-state index in [0.29, 0.717) is 28.5 Å². The predicted molar refractivity (Wildman–Crippen MR) is 87.8 cm³/mol. The van der Waals surface area contributed by atoms with Gasteiger partial charge in [0.2, 0.25) is 11.8 Å². The first-order valence-electron chi connectivity index (χ1n) is 7.04. The van der Waals surface area contributed by atoms with E-state index in [0.717, 1.165) is 0 Å². The third-order valence-corrected chi connectivity index (χ3v) is 3.13. The van der Waals surface area contributed by atoms with Gasteiger partial charge in [0, 0.05) is 23.3 Å². The first-order valence-corrected chi connectivity index (χ1v) is 7.42. The van der Waals surface area contributed by atoms with Crippen LogP contribution < -0.4 is 16.0 Å². The Bertz CT molecular complexity index is 714. The minimum Gasteiger partial charge on any atom is -0.375 e. The van der Waals surface area contributed by atoms with Gasteiger partial charge < -0.3 is 15.2 Å². The van der Waals surface area contributed by atoms with E-state index in [1.165, 1.54) is 0 Å². The number of amides is 2. The molecule has 23 heavy (non-hydrogen) atoms. The van der Waals surface area contributed by atoms with Gasteiger partial charge in [-0.2, -0.15) is 0 Å². The molecule has 7 nitrogen and oxygen atoms in total. The van der Waals surface area contributed by atoms with Crippen molar-refractivity contribution in [2.75, 3.05) is 23.7 Å². The van der Waals surface area contributed by atoms with E-state index in [9.17, 15) is 9.59 Å². The summed E-state index contributed by atoms with van der Waals surface area (Å²) in [5.74, 6) is -0.301. The van der Waals surface area contributed by atoms with Crippen molar-refractivity contribution in [3.05, 3.63) is 40.5 Å². The predicted octanol–water partition coefficient (Wildman–Crippen LogP) is 2.44. The van der Waals surface area contributed by atoms with Gasteiger partial charge in [0.25, 0.3) is 5.91 Å². The van der Waals surface area contributed by atoms with Crippen LogP contribution in [0.15, 0.2) is 28.8 Å². The number of hydrogen-bond donors (Lipinski definition) is 3. The first kappa shape index (κ1) is 16.8. The molecule has 8 heteroatoms. The van der Waals surface area contributed by atoms with Crippen molar-refractivity contribution in [1.82, 2.24) is 10.5 Å². The number of rotatable bonds is 6. The molecule has 0 spiro atoms. The lowest BCUT2D eigenvalue weighted by Gasteiger charge is -2.12. The summed E-state index contributed by atoms with van der Waals surface area (Å²) >= 11 is 5.95. The Morgan fingerprint density at radius 3 is 2.74 bits per heavy atom. The summed E-state index contributed by atoms with van der Waals surface area (Å²) in [6, 6.07) is 6.43. The van der Waals surface area contributed by atoms with Gasteiger partial charge in [0.05, 0.1) is 17.8 Å². The van der Waals surface area contributed by atoms with Crippen molar-refractivity contribution >= 4 is 35.0 Å². The van der Waals surface area contributed by atoms with E-state index in [4.69, 9.17) is 16.1 Å². The van der Waals surface area contributed by atoms with Gasteiger partial charge in [-0.3, -0.25) is 14.9 Å². The van der Waals surface area contributed by atoms with E-state index in [-0.39, 0.29) is 24.2 Å². The molecule has 2 rings (SSSR count). The van der Waals surface area contributed by atoms with Gasteiger partial charge in [-0.05, 0) is 32.0 Å². The monoisotopic (exact) mass is 336 g/mol. The Morgan fingerprint density at radius 2 is 2.09 bits per heavy atom. The molecular weight excluding hydrogens is 320 g/mol. The smallest absolute Gasteiger partial charge is 0.253 e. The second kappa shape index (κ2) is 7.64. The maximum absolute atomic E-state index is 12.0. The van der Waals surface area contributed by atoms with Crippen LogP contribution in [0.2, 0.25) is 5.02 Å². The summed E-state index contributed by atoms with van der Waals surface area (Å²) in [5.41, 5.74) is 1.56. The zero-order valence-electron chi connectivity index (χ0n) is 12.8. The molecule has 3 N–H and O–H groups in total. The van der Waals surface area contributed by atoms with E-state index in [2.05, 4.69) is 21.1 Å². The molecule has 0 atom stereocenters. The molecule has 0 radical (unpaired) electrons. The Labute approximate surface area is 138 Å². The standard InChI is InChI=1S/C15H17ClN4O3/c1-3-17-15(22)11-5-4-10(16)7-12(11)18-8-13(21)19-14-6-9(2)20-23-14/h4-7,18H,3,8H2,1-2H3,(H,17,22)(H,19,21). The molecule has 0 unspecified atom stereocenters. The minimum atomic E-state index is -0.331. The summed E-state index contributed by atoms with van der Waals surface area (Å²) in [6.07, 6.45) is 0. The zero-order valence-corrected chi connectivity index (χ0v) is 13.5. The first-order chi connectivity index (χ1) is 11.0. The Hall–Kier alpha value is -2.54. The molecule has 1 heterocycles. The van der Waals surface area contributed by atoms with Crippen LogP contribution in [0.25, 0.3) is 0 Å². The normalized spacial score (nSPS) is 10.2. The highest BCUT2D eigenvalue weighted by Gasteiger charge is 2.13. The van der Waals surface area contributed by atoms with Crippen molar-refractivity contribution in [2.45, 2.75) is 13.8 Å². The fraction of sp³-hybridized carbons (Fsp3) is 0.267. The van der Waals surface area contributed by atoms with Crippen LogP contribution in [-0.2, 0) is 4.79 Å². The van der Waals surface area contributed by atoms with Crippen LogP contribution in [0.3, 0.4) is 0 Å². The fourth-order valence-corrected chi connectivity index (χ4v) is 2.07. The lowest BCUT2D eigenvalue weighted by atomic mass is 10.1. The van der Waals surface area contributed by atoms with Gasteiger partial charge >= 0.3 is 0 Å². The maximum Gasteiger partial charge on any atom is 0.253 e. The highest BCUT2D eigenvalue weighted by atomic mass is 35.5. The minimum absolute atomic E-state index is 0.0491. The SMILES string of the molecule is CCNC(=O)c1ccc(Cl)cc1NCC(=O)Nc1cc(C)no1. The second-order valence-corrected chi connectivity index (χ2v) is 5.22. The van der Waals surface area contributed by atoms with Crippen LogP contribution in [0.4, 0.5) is 11.6 Å². The van der Waals surface area contributed by atoms with Crippen molar-refractivity contribution < 1.29 is 14.1 Å². The Morgan fingerprint density at radius 1 is 1.30 bits per heavy atom.